The molecule has 1 saturated heterocycles. The normalized spacial score (nSPS) is 16.3. The lowest BCUT2D eigenvalue weighted by Crippen LogP contribution is -2.45. The van der Waals surface area contributed by atoms with E-state index in [1.165, 1.54) is 4.70 Å². The number of rotatable bonds is 6. The van der Waals surface area contributed by atoms with Gasteiger partial charge in [0.1, 0.15) is 11.5 Å². The average molecular weight is 460 g/mol. The van der Waals surface area contributed by atoms with E-state index in [1.54, 1.807) is 43.8 Å². The van der Waals surface area contributed by atoms with Crippen LogP contribution in [0.5, 0.6) is 11.5 Å². The number of carbonyl (C=O) groups excluding carboxylic acids is 1. The summed E-state index contributed by atoms with van der Waals surface area (Å²) >= 11 is 7.84. The Hall–Kier alpha value is -2.35. The SMILES string of the molecule is COc1cc(NC(=O)C(C)N2CCC(c3nc4cc(Cl)ccc4s3)CC2)cc(OC)c1. The molecule has 0 aliphatic carbocycles. The van der Waals surface area contributed by atoms with Gasteiger partial charge in [-0.2, -0.15) is 0 Å². The van der Waals surface area contributed by atoms with Crippen LogP contribution in [0.3, 0.4) is 0 Å². The van der Waals surface area contributed by atoms with Crippen LogP contribution in [0.2, 0.25) is 5.02 Å². The topological polar surface area (TPSA) is 63.7 Å². The van der Waals surface area contributed by atoms with Gasteiger partial charge in [-0.25, -0.2) is 4.98 Å². The first-order valence-corrected chi connectivity index (χ1v) is 11.5. The fourth-order valence-corrected chi connectivity index (χ4v) is 5.20. The fraction of sp³-hybridized carbons (Fsp3) is 0.391. The summed E-state index contributed by atoms with van der Waals surface area (Å²) in [6.45, 7) is 3.67. The van der Waals surface area contributed by atoms with Gasteiger partial charge in [-0.1, -0.05) is 11.6 Å². The molecular formula is C23H26ClN3O3S. The van der Waals surface area contributed by atoms with Crippen molar-refractivity contribution >= 4 is 44.7 Å². The number of fused-ring (bicyclic) bond motifs is 1. The summed E-state index contributed by atoms with van der Waals surface area (Å²) in [5.41, 5.74) is 1.63. The number of ether oxygens (including phenoxy) is 2. The number of thiazole rings is 1. The first-order valence-electron chi connectivity index (χ1n) is 10.3. The molecule has 0 spiro atoms. The maximum Gasteiger partial charge on any atom is 0.241 e. The molecule has 164 valence electrons. The number of halogens is 1. The zero-order chi connectivity index (χ0) is 22.0. The van der Waals surface area contributed by atoms with Crippen LogP contribution in [0.4, 0.5) is 5.69 Å². The number of methoxy groups -OCH3 is 2. The van der Waals surface area contributed by atoms with Crippen LogP contribution in [0.1, 0.15) is 30.7 Å². The molecule has 0 bridgehead atoms. The summed E-state index contributed by atoms with van der Waals surface area (Å²) in [4.78, 5) is 19.9. The highest BCUT2D eigenvalue weighted by Gasteiger charge is 2.29. The van der Waals surface area contributed by atoms with Crippen molar-refractivity contribution in [2.24, 2.45) is 0 Å². The fourth-order valence-electron chi connectivity index (χ4n) is 3.92. The van der Waals surface area contributed by atoms with Gasteiger partial charge < -0.3 is 14.8 Å². The number of hydrogen-bond acceptors (Lipinski definition) is 6. The molecule has 31 heavy (non-hydrogen) atoms. The first-order chi connectivity index (χ1) is 15.0. The van der Waals surface area contributed by atoms with Crippen LogP contribution >= 0.6 is 22.9 Å². The smallest absolute Gasteiger partial charge is 0.241 e. The Labute approximate surface area is 191 Å². The molecule has 2 aromatic carbocycles. The van der Waals surface area contributed by atoms with E-state index < -0.39 is 0 Å². The molecule has 8 heteroatoms. The van der Waals surface area contributed by atoms with Crippen molar-refractivity contribution in [1.29, 1.82) is 0 Å². The van der Waals surface area contributed by atoms with Crippen molar-refractivity contribution in [1.82, 2.24) is 9.88 Å². The van der Waals surface area contributed by atoms with Crippen molar-refractivity contribution in [3.8, 4) is 11.5 Å². The molecule has 0 radical (unpaired) electrons. The molecule has 0 saturated carbocycles. The number of amides is 1. The van der Waals surface area contributed by atoms with Crippen LogP contribution < -0.4 is 14.8 Å². The van der Waals surface area contributed by atoms with Crippen LogP contribution in [0, 0.1) is 0 Å². The van der Waals surface area contributed by atoms with E-state index >= 15 is 0 Å². The standard InChI is InChI=1S/C23H26ClN3O3S/c1-14(22(28)25-17-11-18(29-2)13-19(12-17)30-3)27-8-6-15(7-9-27)23-26-20-10-16(24)4-5-21(20)31-23/h4-5,10-15H,6-9H2,1-3H3,(H,25,28). The molecule has 1 aliphatic heterocycles. The van der Waals surface area contributed by atoms with Gasteiger partial charge in [0.25, 0.3) is 0 Å². The molecule has 1 atom stereocenters. The Morgan fingerprint density at radius 1 is 1.16 bits per heavy atom. The Bertz CT molecular complexity index is 1060. The number of nitrogens with zero attached hydrogens (tertiary/aromatic N) is 2. The van der Waals surface area contributed by atoms with Crippen LogP contribution in [0.25, 0.3) is 10.2 Å². The zero-order valence-corrected chi connectivity index (χ0v) is 19.4. The summed E-state index contributed by atoms with van der Waals surface area (Å²) < 4.78 is 11.7. The zero-order valence-electron chi connectivity index (χ0n) is 17.9. The lowest BCUT2D eigenvalue weighted by molar-refractivity contribution is -0.121. The van der Waals surface area contributed by atoms with E-state index in [1.807, 2.05) is 25.1 Å². The molecule has 1 fully saturated rings. The molecule has 6 nitrogen and oxygen atoms in total. The van der Waals surface area contributed by atoms with Gasteiger partial charge >= 0.3 is 0 Å². The van der Waals surface area contributed by atoms with Gasteiger partial charge in [0.15, 0.2) is 0 Å². The lowest BCUT2D eigenvalue weighted by Gasteiger charge is -2.34. The average Bonchev–Trinajstić information content (AvgIpc) is 3.21. The number of likely N-dealkylation sites (tertiary alicyclic amines) is 1. The summed E-state index contributed by atoms with van der Waals surface area (Å²) in [6, 6.07) is 11.0. The number of hydrogen-bond donors (Lipinski definition) is 1. The van der Waals surface area contributed by atoms with E-state index in [9.17, 15) is 4.79 Å². The molecular weight excluding hydrogens is 434 g/mol. The summed E-state index contributed by atoms with van der Waals surface area (Å²) in [7, 11) is 3.18. The van der Waals surface area contributed by atoms with Crippen molar-refractivity contribution in [2.75, 3.05) is 32.6 Å². The molecule has 2 heterocycles. The molecule has 1 aromatic heterocycles. The van der Waals surface area contributed by atoms with Gasteiger partial charge in [-0.05, 0) is 51.1 Å². The van der Waals surface area contributed by atoms with Gasteiger partial charge in [0, 0.05) is 34.8 Å². The third kappa shape index (κ3) is 4.95. The molecule has 4 rings (SSSR count). The highest BCUT2D eigenvalue weighted by Crippen LogP contribution is 2.35. The van der Waals surface area contributed by atoms with E-state index in [0.717, 1.165) is 36.5 Å². The van der Waals surface area contributed by atoms with Crippen LogP contribution in [-0.2, 0) is 4.79 Å². The summed E-state index contributed by atoms with van der Waals surface area (Å²) in [6.07, 6.45) is 1.97. The van der Waals surface area contributed by atoms with Gasteiger partial charge in [-0.15, -0.1) is 11.3 Å². The van der Waals surface area contributed by atoms with E-state index in [2.05, 4.69) is 10.2 Å². The summed E-state index contributed by atoms with van der Waals surface area (Å²) in [5.74, 6) is 1.66. The predicted octanol–water partition coefficient (Wildman–Crippen LogP) is 5.17. The molecule has 1 N–H and O–H groups in total. The number of piperidine rings is 1. The van der Waals surface area contributed by atoms with E-state index in [-0.39, 0.29) is 11.9 Å². The Morgan fingerprint density at radius 2 is 1.84 bits per heavy atom. The number of benzene rings is 2. The number of nitrogens with one attached hydrogen (secondary N) is 1. The Kier molecular flexibility index (Phi) is 6.65. The van der Waals surface area contributed by atoms with Crippen molar-refractivity contribution in [3.63, 3.8) is 0 Å². The predicted molar refractivity (Wildman–Crippen MR) is 126 cm³/mol. The maximum atomic E-state index is 12.9. The Balaban J connectivity index is 1.37. The third-order valence-electron chi connectivity index (χ3n) is 5.79. The minimum atomic E-state index is -0.229. The largest absolute Gasteiger partial charge is 0.497 e. The third-order valence-corrected chi connectivity index (χ3v) is 7.23. The quantitative estimate of drug-likeness (QED) is 0.550. The number of carbonyl (C=O) groups is 1. The highest BCUT2D eigenvalue weighted by atomic mass is 35.5. The van der Waals surface area contributed by atoms with Crippen LogP contribution in [-0.4, -0.2) is 49.1 Å². The van der Waals surface area contributed by atoms with Crippen molar-refractivity contribution in [3.05, 3.63) is 46.4 Å². The van der Waals surface area contributed by atoms with Gasteiger partial charge in [-0.3, -0.25) is 9.69 Å². The van der Waals surface area contributed by atoms with Gasteiger partial charge in [0.05, 0.1) is 35.5 Å². The molecule has 1 amide bonds. The second-order valence-corrected chi connectivity index (χ2v) is 9.24. The van der Waals surface area contributed by atoms with Crippen molar-refractivity contribution < 1.29 is 14.3 Å². The Morgan fingerprint density at radius 3 is 2.48 bits per heavy atom. The van der Waals surface area contributed by atoms with Gasteiger partial charge in [0.2, 0.25) is 5.91 Å². The van der Waals surface area contributed by atoms with E-state index in [0.29, 0.717) is 28.1 Å². The van der Waals surface area contributed by atoms with Crippen molar-refractivity contribution in [2.45, 2.75) is 31.7 Å². The second kappa shape index (κ2) is 9.42. The van der Waals surface area contributed by atoms with Crippen LogP contribution in [0.15, 0.2) is 36.4 Å². The molecule has 1 aliphatic rings. The molecule has 1 unspecified atom stereocenters. The summed E-state index contributed by atoms with van der Waals surface area (Å²) in [5, 5.41) is 4.87. The minimum Gasteiger partial charge on any atom is -0.497 e. The number of aromatic nitrogens is 1. The molecule has 3 aromatic rings. The van der Waals surface area contributed by atoms with E-state index in [4.69, 9.17) is 26.1 Å². The highest BCUT2D eigenvalue weighted by molar-refractivity contribution is 7.18. The monoisotopic (exact) mass is 459 g/mol. The second-order valence-electron chi connectivity index (χ2n) is 7.74. The first kappa shape index (κ1) is 21.9. The lowest BCUT2D eigenvalue weighted by atomic mass is 9.96. The maximum absolute atomic E-state index is 12.9. The number of anilines is 1. The minimum absolute atomic E-state index is 0.0385.